The molecule has 1 aromatic carbocycles. The van der Waals surface area contributed by atoms with Crippen molar-refractivity contribution >= 4 is 11.7 Å². The van der Waals surface area contributed by atoms with Crippen molar-refractivity contribution in [3.63, 3.8) is 0 Å². The monoisotopic (exact) mass is 261 g/mol. The smallest absolute Gasteiger partial charge is 0.321 e. The summed E-state index contributed by atoms with van der Waals surface area (Å²) in [6, 6.07) is 8.24. The number of carbonyl (C=O) groups excluding carboxylic acids is 1. The maximum absolute atomic E-state index is 11.9. The number of benzene rings is 1. The second kappa shape index (κ2) is 6.06. The van der Waals surface area contributed by atoms with Gasteiger partial charge < -0.3 is 11.1 Å². The molecule has 19 heavy (non-hydrogen) atoms. The van der Waals surface area contributed by atoms with E-state index in [1.807, 2.05) is 17.0 Å². The van der Waals surface area contributed by atoms with Crippen LogP contribution < -0.4 is 16.0 Å². The summed E-state index contributed by atoms with van der Waals surface area (Å²) >= 11 is 0. The zero-order chi connectivity index (χ0) is 13.8. The average Bonchev–Trinajstić information content (AvgIpc) is 2.41. The Kier molecular flexibility index (Phi) is 4.43. The Bertz CT molecular complexity index is 428. The largest absolute Gasteiger partial charge is 0.337 e. The van der Waals surface area contributed by atoms with E-state index in [-0.39, 0.29) is 6.03 Å². The van der Waals surface area contributed by atoms with Crippen LogP contribution in [0.3, 0.4) is 0 Å². The van der Waals surface area contributed by atoms with Gasteiger partial charge in [0, 0.05) is 18.8 Å². The van der Waals surface area contributed by atoms with Crippen molar-refractivity contribution in [1.29, 1.82) is 0 Å². The van der Waals surface area contributed by atoms with Crippen LogP contribution in [0.2, 0.25) is 0 Å². The SMILES string of the molecule is CC(C)c1ccc(N2CC(CCN)CNC2=O)cc1. The maximum atomic E-state index is 11.9. The fraction of sp³-hybridized carbons (Fsp3) is 0.533. The average molecular weight is 261 g/mol. The first-order chi connectivity index (χ1) is 9.11. The molecule has 4 nitrogen and oxygen atoms in total. The first-order valence-electron chi connectivity index (χ1n) is 6.97. The minimum atomic E-state index is -0.00873. The van der Waals surface area contributed by atoms with Crippen molar-refractivity contribution < 1.29 is 4.79 Å². The summed E-state index contributed by atoms with van der Waals surface area (Å²) in [5.74, 6) is 0.946. The molecule has 2 rings (SSSR count). The predicted molar refractivity (Wildman–Crippen MR) is 78.4 cm³/mol. The number of anilines is 1. The second-order valence-electron chi connectivity index (χ2n) is 5.49. The highest BCUT2D eigenvalue weighted by molar-refractivity contribution is 5.92. The zero-order valence-corrected chi connectivity index (χ0v) is 11.7. The fourth-order valence-electron chi connectivity index (χ4n) is 2.42. The number of hydrogen-bond donors (Lipinski definition) is 2. The molecular weight excluding hydrogens is 238 g/mol. The third-order valence-corrected chi connectivity index (χ3v) is 3.67. The van der Waals surface area contributed by atoms with E-state index in [2.05, 4.69) is 31.3 Å². The van der Waals surface area contributed by atoms with Gasteiger partial charge >= 0.3 is 6.03 Å². The Morgan fingerprint density at radius 2 is 2.05 bits per heavy atom. The number of carbonyl (C=O) groups is 1. The van der Waals surface area contributed by atoms with Crippen LogP contribution in [-0.4, -0.2) is 25.7 Å². The van der Waals surface area contributed by atoms with Gasteiger partial charge in [-0.2, -0.15) is 0 Å². The van der Waals surface area contributed by atoms with Crippen molar-refractivity contribution in [1.82, 2.24) is 5.32 Å². The van der Waals surface area contributed by atoms with Gasteiger partial charge in [-0.3, -0.25) is 4.90 Å². The molecule has 1 unspecified atom stereocenters. The van der Waals surface area contributed by atoms with Crippen LogP contribution in [0.25, 0.3) is 0 Å². The molecular formula is C15H23N3O. The van der Waals surface area contributed by atoms with Gasteiger partial charge in [-0.15, -0.1) is 0 Å². The van der Waals surface area contributed by atoms with Gasteiger partial charge in [0.15, 0.2) is 0 Å². The van der Waals surface area contributed by atoms with Crippen molar-refractivity contribution in [2.45, 2.75) is 26.2 Å². The van der Waals surface area contributed by atoms with Gasteiger partial charge in [-0.25, -0.2) is 4.79 Å². The molecule has 0 saturated carbocycles. The first kappa shape index (κ1) is 13.9. The molecule has 104 valence electrons. The van der Waals surface area contributed by atoms with Gasteiger partial charge in [-0.05, 0) is 42.5 Å². The summed E-state index contributed by atoms with van der Waals surface area (Å²) < 4.78 is 0. The number of hydrogen-bond acceptors (Lipinski definition) is 2. The van der Waals surface area contributed by atoms with E-state index in [4.69, 9.17) is 5.73 Å². The summed E-state index contributed by atoms with van der Waals surface area (Å²) in [6.45, 7) is 6.49. The van der Waals surface area contributed by atoms with Crippen molar-refractivity contribution in [3.05, 3.63) is 29.8 Å². The van der Waals surface area contributed by atoms with Crippen LogP contribution in [0.1, 0.15) is 31.7 Å². The highest BCUT2D eigenvalue weighted by Gasteiger charge is 2.25. The summed E-state index contributed by atoms with van der Waals surface area (Å²) in [5.41, 5.74) is 7.85. The summed E-state index contributed by atoms with van der Waals surface area (Å²) in [5, 5.41) is 2.93. The van der Waals surface area contributed by atoms with Crippen molar-refractivity contribution in [3.8, 4) is 0 Å². The quantitative estimate of drug-likeness (QED) is 0.873. The number of nitrogens with one attached hydrogen (secondary N) is 1. The molecule has 1 aliphatic rings. The van der Waals surface area contributed by atoms with Gasteiger partial charge in [0.2, 0.25) is 0 Å². The Morgan fingerprint density at radius 1 is 1.37 bits per heavy atom. The molecule has 1 atom stereocenters. The molecule has 1 heterocycles. The lowest BCUT2D eigenvalue weighted by molar-refractivity contribution is 0.236. The zero-order valence-electron chi connectivity index (χ0n) is 11.7. The second-order valence-corrected chi connectivity index (χ2v) is 5.49. The molecule has 2 amide bonds. The van der Waals surface area contributed by atoms with E-state index in [1.54, 1.807) is 0 Å². The van der Waals surface area contributed by atoms with E-state index in [9.17, 15) is 4.79 Å². The molecule has 4 heteroatoms. The van der Waals surface area contributed by atoms with Crippen LogP contribution in [0.15, 0.2) is 24.3 Å². The molecule has 0 spiro atoms. The molecule has 1 fully saturated rings. The Hall–Kier alpha value is -1.55. The Morgan fingerprint density at radius 3 is 2.63 bits per heavy atom. The van der Waals surface area contributed by atoms with Crippen LogP contribution in [0.4, 0.5) is 10.5 Å². The number of amides is 2. The van der Waals surface area contributed by atoms with Gasteiger partial charge in [-0.1, -0.05) is 26.0 Å². The summed E-state index contributed by atoms with van der Waals surface area (Å²) in [6.07, 6.45) is 0.945. The lowest BCUT2D eigenvalue weighted by atomic mass is 10.0. The standard InChI is InChI=1S/C15H23N3O/c1-11(2)13-3-5-14(6-4-13)18-10-12(7-8-16)9-17-15(18)19/h3-6,11-12H,7-10,16H2,1-2H3,(H,17,19). The molecule has 1 aliphatic heterocycles. The van der Waals surface area contributed by atoms with Gasteiger partial charge in [0.25, 0.3) is 0 Å². The van der Waals surface area contributed by atoms with Crippen LogP contribution in [-0.2, 0) is 0 Å². The summed E-state index contributed by atoms with van der Waals surface area (Å²) in [4.78, 5) is 13.8. The Labute approximate surface area is 115 Å². The molecule has 1 aromatic rings. The van der Waals surface area contributed by atoms with Crippen molar-refractivity contribution in [2.75, 3.05) is 24.5 Å². The highest BCUT2D eigenvalue weighted by Crippen LogP contribution is 2.23. The van der Waals surface area contributed by atoms with Crippen LogP contribution in [0, 0.1) is 5.92 Å². The molecule has 0 bridgehead atoms. The minimum Gasteiger partial charge on any atom is -0.337 e. The van der Waals surface area contributed by atoms with E-state index in [0.717, 1.165) is 25.2 Å². The van der Waals surface area contributed by atoms with Crippen LogP contribution in [0.5, 0.6) is 0 Å². The van der Waals surface area contributed by atoms with E-state index in [1.165, 1.54) is 5.56 Å². The van der Waals surface area contributed by atoms with Crippen molar-refractivity contribution in [2.24, 2.45) is 11.7 Å². The normalized spacial score (nSPS) is 19.7. The van der Waals surface area contributed by atoms with Gasteiger partial charge in [0.05, 0.1) is 0 Å². The van der Waals surface area contributed by atoms with E-state index >= 15 is 0 Å². The molecule has 0 radical (unpaired) electrons. The predicted octanol–water partition coefficient (Wildman–Crippen LogP) is 2.30. The lowest BCUT2D eigenvalue weighted by Crippen LogP contribution is -2.51. The highest BCUT2D eigenvalue weighted by atomic mass is 16.2. The topological polar surface area (TPSA) is 58.4 Å². The molecule has 0 aliphatic carbocycles. The summed E-state index contributed by atoms with van der Waals surface area (Å²) in [7, 11) is 0. The Balaban J connectivity index is 2.12. The molecule has 1 saturated heterocycles. The maximum Gasteiger partial charge on any atom is 0.321 e. The number of rotatable bonds is 4. The minimum absolute atomic E-state index is 0.00873. The number of urea groups is 1. The molecule has 3 N–H and O–H groups in total. The number of nitrogens with zero attached hydrogens (tertiary/aromatic N) is 1. The van der Waals surface area contributed by atoms with E-state index in [0.29, 0.717) is 18.4 Å². The number of nitrogens with two attached hydrogens (primary N) is 1. The van der Waals surface area contributed by atoms with Crippen LogP contribution >= 0.6 is 0 Å². The molecule has 0 aromatic heterocycles. The fourth-order valence-corrected chi connectivity index (χ4v) is 2.42. The third kappa shape index (κ3) is 3.26. The third-order valence-electron chi connectivity index (χ3n) is 3.67. The van der Waals surface area contributed by atoms with E-state index < -0.39 is 0 Å². The van der Waals surface area contributed by atoms with Gasteiger partial charge in [0.1, 0.15) is 0 Å². The first-order valence-corrected chi connectivity index (χ1v) is 6.97. The lowest BCUT2D eigenvalue weighted by Gasteiger charge is -2.33.